The average Bonchev–Trinajstić information content (AvgIpc) is 2.63. The Morgan fingerprint density at radius 1 is 1.31 bits per heavy atom. The van der Waals surface area contributed by atoms with Gasteiger partial charge in [-0.2, -0.15) is 0 Å². The van der Waals surface area contributed by atoms with Crippen LogP contribution >= 0.6 is 0 Å². The second kappa shape index (κ2) is 7.14. The fourth-order valence-corrected chi connectivity index (χ4v) is 1.69. The van der Waals surface area contributed by atoms with Gasteiger partial charge in [0.25, 0.3) is 0 Å². The van der Waals surface area contributed by atoms with Crippen molar-refractivity contribution in [2.75, 3.05) is 0 Å². The third-order valence-corrected chi connectivity index (χ3v) is 2.59. The van der Waals surface area contributed by atoms with E-state index in [-0.39, 0.29) is 5.78 Å². The van der Waals surface area contributed by atoms with Gasteiger partial charge in [-0.05, 0) is 6.42 Å². The predicted molar refractivity (Wildman–Crippen MR) is 63.1 cm³/mol. The van der Waals surface area contributed by atoms with E-state index in [1.807, 2.05) is 7.05 Å². The molecule has 0 unspecified atom stereocenters. The van der Waals surface area contributed by atoms with E-state index in [0.29, 0.717) is 12.8 Å². The molecule has 1 rings (SSSR count). The Morgan fingerprint density at radius 2 is 2.06 bits per heavy atom. The fraction of sp³-hybridized carbons (Fsp3) is 0.750. The number of carbonyl (C=O) groups is 1. The largest absolute Gasteiger partial charge is 0.299 e. The molecule has 0 aliphatic rings. The highest BCUT2D eigenvalue weighted by molar-refractivity contribution is 5.80. The van der Waals surface area contributed by atoms with Gasteiger partial charge in [-0.3, -0.25) is 9.48 Å². The number of nitrogens with zero attached hydrogens (tertiary/aromatic N) is 3. The van der Waals surface area contributed by atoms with Crippen molar-refractivity contribution in [1.82, 2.24) is 15.0 Å². The number of rotatable bonds is 8. The van der Waals surface area contributed by atoms with Crippen molar-refractivity contribution < 1.29 is 4.79 Å². The minimum Gasteiger partial charge on any atom is -0.299 e. The third-order valence-electron chi connectivity index (χ3n) is 2.59. The van der Waals surface area contributed by atoms with E-state index in [1.165, 1.54) is 25.7 Å². The zero-order valence-corrected chi connectivity index (χ0v) is 10.3. The van der Waals surface area contributed by atoms with Crippen LogP contribution in [0.25, 0.3) is 0 Å². The molecule has 0 aromatic carbocycles. The van der Waals surface area contributed by atoms with Crippen LogP contribution in [0, 0.1) is 0 Å². The van der Waals surface area contributed by atoms with Gasteiger partial charge < -0.3 is 0 Å². The molecule has 0 bridgehead atoms. The standard InChI is InChI=1S/C12H21N3O/c1-3-4-5-6-7-8-12(16)9-11-10-15(2)14-13-11/h10H,3-9H2,1-2H3. The first kappa shape index (κ1) is 12.9. The number of unbranched alkanes of at least 4 members (excludes halogenated alkanes) is 4. The molecule has 0 saturated carbocycles. The number of hydrogen-bond acceptors (Lipinski definition) is 3. The van der Waals surface area contributed by atoms with Gasteiger partial charge in [-0.25, -0.2) is 0 Å². The minimum atomic E-state index is 0.275. The smallest absolute Gasteiger partial charge is 0.138 e. The Hall–Kier alpha value is -1.19. The lowest BCUT2D eigenvalue weighted by atomic mass is 10.1. The summed E-state index contributed by atoms with van der Waals surface area (Å²) < 4.78 is 1.63. The summed E-state index contributed by atoms with van der Waals surface area (Å²) in [7, 11) is 1.81. The number of aryl methyl sites for hydroxylation is 1. The van der Waals surface area contributed by atoms with Gasteiger partial charge >= 0.3 is 0 Å². The number of Topliss-reactive ketones (excluding diaryl/α,β-unsaturated/α-hetero) is 1. The highest BCUT2D eigenvalue weighted by Gasteiger charge is 2.06. The van der Waals surface area contributed by atoms with E-state index < -0.39 is 0 Å². The molecule has 0 N–H and O–H groups in total. The van der Waals surface area contributed by atoms with Crippen LogP contribution in [0.5, 0.6) is 0 Å². The SMILES string of the molecule is CCCCCCCC(=O)Cc1cn(C)nn1. The molecule has 0 spiro atoms. The first-order chi connectivity index (χ1) is 7.72. The average molecular weight is 223 g/mol. The molecule has 4 heteroatoms. The summed E-state index contributed by atoms with van der Waals surface area (Å²) in [6.45, 7) is 2.19. The van der Waals surface area contributed by atoms with E-state index >= 15 is 0 Å². The van der Waals surface area contributed by atoms with Crippen LogP contribution in [0.2, 0.25) is 0 Å². The molecule has 0 radical (unpaired) electrons. The number of aromatic nitrogens is 3. The summed E-state index contributed by atoms with van der Waals surface area (Å²) in [5, 5.41) is 7.71. The van der Waals surface area contributed by atoms with Crippen molar-refractivity contribution in [3.8, 4) is 0 Å². The van der Waals surface area contributed by atoms with Crippen LogP contribution in [0.4, 0.5) is 0 Å². The summed E-state index contributed by atoms with van der Waals surface area (Å²) in [4.78, 5) is 11.6. The molecule has 0 fully saturated rings. The Balaban J connectivity index is 2.11. The lowest BCUT2D eigenvalue weighted by molar-refractivity contribution is -0.118. The van der Waals surface area contributed by atoms with Crippen molar-refractivity contribution in [2.45, 2.75) is 51.9 Å². The Kier molecular flexibility index (Phi) is 5.75. The Labute approximate surface area is 97.0 Å². The lowest BCUT2D eigenvalue weighted by Crippen LogP contribution is -2.02. The monoisotopic (exact) mass is 223 g/mol. The highest BCUT2D eigenvalue weighted by atomic mass is 16.1. The molecule has 4 nitrogen and oxygen atoms in total. The molecular weight excluding hydrogens is 202 g/mol. The van der Waals surface area contributed by atoms with Gasteiger partial charge in [0.15, 0.2) is 0 Å². The first-order valence-corrected chi connectivity index (χ1v) is 6.09. The zero-order valence-electron chi connectivity index (χ0n) is 10.3. The maximum Gasteiger partial charge on any atom is 0.138 e. The molecule has 1 aromatic rings. The van der Waals surface area contributed by atoms with Gasteiger partial charge in [0.05, 0.1) is 12.1 Å². The van der Waals surface area contributed by atoms with Crippen LogP contribution < -0.4 is 0 Å². The van der Waals surface area contributed by atoms with E-state index in [0.717, 1.165) is 12.1 Å². The molecule has 0 aliphatic carbocycles. The van der Waals surface area contributed by atoms with Crippen molar-refractivity contribution >= 4 is 5.78 Å². The second-order valence-corrected chi connectivity index (χ2v) is 4.26. The zero-order chi connectivity index (χ0) is 11.8. The molecule has 16 heavy (non-hydrogen) atoms. The normalized spacial score (nSPS) is 10.6. The molecule has 90 valence electrons. The molecule has 0 amide bonds. The summed E-state index contributed by atoms with van der Waals surface area (Å²) in [5.74, 6) is 0.275. The minimum absolute atomic E-state index is 0.275. The van der Waals surface area contributed by atoms with Crippen molar-refractivity contribution in [3.05, 3.63) is 11.9 Å². The summed E-state index contributed by atoms with van der Waals surface area (Å²) in [6.07, 6.45) is 8.86. The van der Waals surface area contributed by atoms with Gasteiger partial charge in [0.2, 0.25) is 0 Å². The van der Waals surface area contributed by atoms with Crippen LogP contribution in [-0.2, 0) is 18.3 Å². The maximum absolute atomic E-state index is 11.6. The molecule has 1 aromatic heterocycles. The summed E-state index contributed by atoms with van der Waals surface area (Å²) in [6, 6.07) is 0. The van der Waals surface area contributed by atoms with Crippen LogP contribution in [0.15, 0.2) is 6.20 Å². The first-order valence-electron chi connectivity index (χ1n) is 6.09. The van der Waals surface area contributed by atoms with Gasteiger partial charge in [0.1, 0.15) is 5.78 Å². The van der Waals surface area contributed by atoms with Crippen molar-refractivity contribution in [1.29, 1.82) is 0 Å². The van der Waals surface area contributed by atoms with Crippen LogP contribution in [0.3, 0.4) is 0 Å². The lowest BCUT2D eigenvalue weighted by Gasteiger charge is -1.99. The molecule has 0 saturated heterocycles. The van der Waals surface area contributed by atoms with E-state index in [9.17, 15) is 4.79 Å². The maximum atomic E-state index is 11.6. The van der Waals surface area contributed by atoms with E-state index in [4.69, 9.17) is 0 Å². The summed E-state index contributed by atoms with van der Waals surface area (Å²) in [5.41, 5.74) is 0.779. The van der Waals surface area contributed by atoms with E-state index in [1.54, 1.807) is 10.9 Å². The van der Waals surface area contributed by atoms with Crippen molar-refractivity contribution in [2.24, 2.45) is 7.05 Å². The topological polar surface area (TPSA) is 47.8 Å². The predicted octanol–water partition coefficient (Wildman–Crippen LogP) is 2.29. The van der Waals surface area contributed by atoms with Crippen LogP contribution in [0.1, 0.15) is 51.1 Å². The van der Waals surface area contributed by atoms with Crippen molar-refractivity contribution in [3.63, 3.8) is 0 Å². The Morgan fingerprint density at radius 3 is 2.69 bits per heavy atom. The van der Waals surface area contributed by atoms with E-state index in [2.05, 4.69) is 17.2 Å². The second-order valence-electron chi connectivity index (χ2n) is 4.26. The Bertz CT molecular complexity index is 320. The van der Waals surface area contributed by atoms with Gasteiger partial charge in [-0.1, -0.05) is 37.8 Å². The molecule has 0 aliphatic heterocycles. The van der Waals surface area contributed by atoms with Gasteiger partial charge in [-0.15, -0.1) is 5.10 Å². The van der Waals surface area contributed by atoms with Crippen LogP contribution in [-0.4, -0.2) is 20.8 Å². The summed E-state index contributed by atoms with van der Waals surface area (Å²) >= 11 is 0. The van der Waals surface area contributed by atoms with Gasteiger partial charge in [0, 0.05) is 19.7 Å². The number of ketones is 1. The molecule has 0 atom stereocenters. The molecular formula is C12H21N3O. The molecule has 1 heterocycles. The fourth-order valence-electron chi connectivity index (χ4n) is 1.69. The number of carbonyl (C=O) groups excluding carboxylic acids is 1. The quantitative estimate of drug-likeness (QED) is 0.635. The highest BCUT2D eigenvalue weighted by Crippen LogP contribution is 2.07. The third kappa shape index (κ3) is 5.05. The number of hydrogen-bond donors (Lipinski definition) is 0.